The van der Waals surface area contributed by atoms with Crippen molar-refractivity contribution in [3.05, 3.63) is 24.0 Å². The summed E-state index contributed by atoms with van der Waals surface area (Å²) in [5.74, 6) is -0.102. The summed E-state index contributed by atoms with van der Waals surface area (Å²) in [6.07, 6.45) is 4.61. The van der Waals surface area contributed by atoms with Gasteiger partial charge >= 0.3 is 0 Å². The summed E-state index contributed by atoms with van der Waals surface area (Å²) in [6.45, 7) is 0. The quantitative estimate of drug-likeness (QED) is 0.791. The van der Waals surface area contributed by atoms with Crippen LogP contribution in [0.1, 0.15) is 29.6 Å². The Balaban J connectivity index is 1.92. The summed E-state index contributed by atoms with van der Waals surface area (Å²) in [5.41, 5.74) is 0.639. The van der Waals surface area contributed by atoms with Crippen molar-refractivity contribution in [3.63, 3.8) is 0 Å². The SMILES string of the molecule is Cn1ccc(C(=O)N[C@H]2CC[C@H](F)C2)c1. The molecule has 1 aromatic heterocycles. The second-order valence-electron chi connectivity index (χ2n) is 4.15. The van der Waals surface area contributed by atoms with Crippen LogP contribution in [0.3, 0.4) is 0 Å². The van der Waals surface area contributed by atoms with Gasteiger partial charge in [-0.15, -0.1) is 0 Å². The third-order valence-corrected chi connectivity index (χ3v) is 2.80. The first kappa shape index (κ1) is 10.2. The van der Waals surface area contributed by atoms with Gasteiger partial charge in [-0.2, -0.15) is 0 Å². The maximum atomic E-state index is 12.9. The molecule has 82 valence electrons. The van der Waals surface area contributed by atoms with Crippen LogP contribution < -0.4 is 5.32 Å². The number of aryl methyl sites for hydroxylation is 1. The Bertz CT molecular complexity index is 361. The number of rotatable bonds is 2. The Morgan fingerprint density at radius 1 is 1.60 bits per heavy atom. The van der Waals surface area contributed by atoms with Gasteiger partial charge in [-0.05, 0) is 25.3 Å². The largest absolute Gasteiger partial charge is 0.356 e. The Morgan fingerprint density at radius 2 is 2.40 bits per heavy atom. The van der Waals surface area contributed by atoms with Crippen LogP contribution >= 0.6 is 0 Å². The van der Waals surface area contributed by atoms with Crippen LogP contribution in [0, 0.1) is 0 Å². The monoisotopic (exact) mass is 210 g/mol. The zero-order valence-electron chi connectivity index (χ0n) is 8.74. The molecule has 1 fully saturated rings. The van der Waals surface area contributed by atoms with Crippen LogP contribution in [-0.4, -0.2) is 22.7 Å². The summed E-state index contributed by atoms with van der Waals surface area (Å²) in [5, 5.41) is 2.85. The first-order valence-corrected chi connectivity index (χ1v) is 5.22. The van der Waals surface area contributed by atoms with E-state index in [1.807, 2.05) is 17.8 Å². The molecule has 0 aliphatic heterocycles. The Morgan fingerprint density at radius 3 is 2.93 bits per heavy atom. The lowest BCUT2D eigenvalue weighted by Crippen LogP contribution is -2.32. The van der Waals surface area contributed by atoms with E-state index in [9.17, 15) is 9.18 Å². The fourth-order valence-corrected chi connectivity index (χ4v) is 1.96. The molecule has 1 aliphatic rings. The lowest BCUT2D eigenvalue weighted by Gasteiger charge is -2.10. The Kier molecular flexibility index (Phi) is 2.75. The van der Waals surface area contributed by atoms with Crippen molar-refractivity contribution in [2.24, 2.45) is 7.05 Å². The molecule has 0 aromatic carbocycles. The second-order valence-corrected chi connectivity index (χ2v) is 4.15. The molecule has 2 atom stereocenters. The molecule has 1 saturated carbocycles. The predicted octanol–water partition coefficient (Wildman–Crippen LogP) is 1.65. The van der Waals surface area contributed by atoms with E-state index in [4.69, 9.17) is 0 Å². The number of hydrogen-bond donors (Lipinski definition) is 1. The van der Waals surface area contributed by atoms with Crippen LogP contribution in [-0.2, 0) is 7.05 Å². The van der Waals surface area contributed by atoms with E-state index >= 15 is 0 Å². The maximum absolute atomic E-state index is 12.9. The van der Waals surface area contributed by atoms with Crippen molar-refractivity contribution in [1.29, 1.82) is 0 Å². The minimum atomic E-state index is -0.744. The maximum Gasteiger partial charge on any atom is 0.253 e. The van der Waals surface area contributed by atoms with Crippen LogP contribution in [0.4, 0.5) is 4.39 Å². The molecule has 0 radical (unpaired) electrons. The van der Waals surface area contributed by atoms with Crippen molar-refractivity contribution in [1.82, 2.24) is 9.88 Å². The highest BCUT2D eigenvalue weighted by atomic mass is 19.1. The molecule has 1 amide bonds. The lowest BCUT2D eigenvalue weighted by atomic mass is 10.2. The van der Waals surface area contributed by atoms with Crippen molar-refractivity contribution in [2.45, 2.75) is 31.5 Å². The van der Waals surface area contributed by atoms with E-state index < -0.39 is 6.17 Å². The minimum Gasteiger partial charge on any atom is -0.356 e. The number of hydrogen-bond acceptors (Lipinski definition) is 1. The molecule has 1 N–H and O–H groups in total. The average Bonchev–Trinajstić information content (AvgIpc) is 2.75. The van der Waals surface area contributed by atoms with E-state index in [1.54, 1.807) is 12.3 Å². The van der Waals surface area contributed by atoms with Crippen molar-refractivity contribution in [3.8, 4) is 0 Å². The highest BCUT2D eigenvalue weighted by molar-refractivity contribution is 5.94. The van der Waals surface area contributed by atoms with Gasteiger partial charge in [0.15, 0.2) is 0 Å². The molecule has 1 heterocycles. The van der Waals surface area contributed by atoms with Gasteiger partial charge in [0, 0.05) is 25.5 Å². The first-order chi connectivity index (χ1) is 7.15. The second kappa shape index (κ2) is 4.04. The average molecular weight is 210 g/mol. The van der Waals surface area contributed by atoms with E-state index in [0.29, 0.717) is 18.4 Å². The van der Waals surface area contributed by atoms with Crippen molar-refractivity contribution >= 4 is 5.91 Å². The fourth-order valence-electron chi connectivity index (χ4n) is 1.96. The zero-order valence-corrected chi connectivity index (χ0v) is 8.74. The van der Waals surface area contributed by atoms with Gasteiger partial charge in [0.25, 0.3) is 5.91 Å². The molecule has 3 nitrogen and oxygen atoms in total. The van der Waals surface area contributed by atoms with Gasteiger partial charge in [0.2, 0.25) is 0 Å². The highest BCUT2D eigenvalue weighted by Crippen LogP contribution is 2.22. The number of aromatic nitrogens is 1. The van der Waals surface area contributed by atoms with E-state index in [0.717, 1.165) is 6.42 Å². The van der Waals surface area contributed by atoms with E-state index in [2.05, 4.69) is 5.32 Å². The molecule has 0 bridgehead atoms. The number of carbonyl (C=O) groups excluding carboxylic acids is 1. The third kappa shape index (κ3) is 2.37. The smallest absolute Gasteiger partial charge is 0.253 e. The zero-order chi connectivity index (χ0) is 10.8. The van der Waals surface area contributed by atoms with Crippen LogP contribution in [0.2, 0.25) is 0 Å². The van der Waals surface area contributed by atoms with Gasteiger partial charge in [0.05, 0.1) is 5.56 Å². The first-order valence-electron chi connectivity index (χ1n) is 5.22. The molecule has 1 aromatic rings. The van der Waals surface area contributed by atoms with E-state index in [-0.39, 0.29) is 11.9 Å². The summed E-state index contributed by atoms with van der Waals surface area (Å²) in [7, 11) is 1.87. The number of carbonyl (C=O) groups is 1. The van der Waals surface area contributed by atoms with Gasteiger partial charge < -0.3 is 9.88 Å². The molecule has 0 spiro atoms. The fraction of sp³-hybridized carbons (Fsp3) is 0.545. The number of amides is 1. The standard InChI is InChI=1S/C11H15FN2O/c1-14-5-4-8(7-14)11(15)13-10-3-2-9(12)6-10/h4-5,7,9-10H,2-3,6H2,1H3,(H,13,15)/t9-,10-/m0/s1. The molecule has 2 rings (SSSR count). The number of alkyl halides is 1. The predicted molar refractivity (Wildman–Crippen MR) is 55.4 cm³/mol. The topological polar surface area (TPSA) is 34.0 Å². The number of nitrogens with zero attached hydrogens (tertiary/aromatic N) is 1. The van der Waals surface area contributed by atoms with Crippen molar-refractivity contribution < 1.29 is 9.18 Å². The summed E-state index contributed by atoms with van der Waals surface area (Å²) in [4.78, 5) is 11.7. The van der Waals surface area contributed by atoms with Gasteiger partial charge in [0.1, 0.15) is 6.17 Å². The van der Waals surface area contributed by atoms with Gasteiger partial charge in [-0.3, -0.25) is 4.79 Å². The van der Waals surface area contributed by atoms with E-state index in [1.165, 1.54) is 0 Å². The molecular formula is C11H15FN2O. The molecule has 1 aliphatic carbocycles. The van der Waals surface area contributed by atoms with Crippen LogP contribution in [0.25, 0.3) is 0 Å². The highest BCUT2D eigenvalue weighted by Gasteiger charge is 2.25. The minimum absolute atomic E-state index is 0.00714. The number of halogens is 1. The normalized spacial score (nSPS) is 25.5. The Hall–Kier alpha value is -1.32. The van der Waals surface area contributed by atoms with Crippen molar-refractivity contribution in [2.75, 3.05) is 0 Å². The Labute approximate surface area is 88.3 Å². The van der Waals surface area contributed by atoms with Crippen LogP contribution in [0.15, 0.2) is 18.5 Å². The van der Waals surface area contributed by atoms with Gasteiger partial charge in [-0.1, -0.05) is 0 Å². The lowest BCUT2D eigenvalue weighted by molar-refractivity contribution is 0.0936. The molecular weight excluding hydrogens is 195 g/mol. The summed E-state index contributed by atoms with van der Waals surface area (Å²) < 4.78 is 14.7. The summed E-state index contributed by atoms with van der Waals surface area (Å²) >= 11 is 0. The van der Waals surface area contributed by atoms with Gasteiger partial charge in [-0.25, -0.2) is 4.39 Å². The molecule has 0 unspecified atom stereocenters. The molecule has 15 heavy (non-hydrogen) atoms. The number of nitrogens with one attached hydrogen (secondary N) is 1. The third-order valence-electron chi connectivity index (χ3n) is 2.80. The summed E-state index contributed by atoms with van der Waals surface area (Å²) in [6, 6.07) is 1.77. The van der Waals surface area contributed by atoms with Crippen LogP contribution in [0.5, 0.6) is 0 Å². The molecule has 4 heteroatoms. The molecule has 0 saturated heterocycles.